The maximum atomic E-state index is 12.8. The number of benzene rings is 1. The van der Waals surface area contributed by atoms with Crippen LogP contribution in [0.1, 0.15) is 24.3 Å². The van der Waals surface area contributed by atoms with E-state index in [9.17, 15) is 13.2 Å². The average Bonchev–Trinajstić information content (AvgIpc) is 3.24. The monoisotopic (exact) mass is 334 g/mol. The van der Waals surface area contributed by atoms with Gasteiger partial charge in [0.25, 0.3) is 0 Å². The van der Waals surface area contributed by atoms with E-state index in [1.54, 1.807) is 28.8 Å². The second-order valence-electron chi connectivity index (χ2n) is 5.75. The summed E-state index contributed by atoms with van der Waals surface area (Å²) in [4.78, 5) is 0. The summed E-state index contributed by atoms with van der Waals surface area (Å²) in [5.41, 5.74) is 7.66. The Morgan fingerprint density at radius 3 is 2.67 bits per heavy atom. The van der Waals surface area contributed by atoms with Gasteiger partial charge in [0.1, 0.15) is 11.4 Å². The van der Waals surface area contributed by atoms with Crippen molar-refractivity contribution in [1.29, 1.82) is 0 Å². The van der Waals surface area contributed by atoms with E-state index in [2.05, 4.69) is 14.9 Å². The van der Waals surface area contributed by atoms with Gasteiger partial charge in [-0.15, -0.1) is 23.4 Å². The molecule has 8 heteroatoms. The molecule has 0 atom stereocenters. The molecule has 1 saturated carbocycles. The third kappa shape index (κ3) is 2.64. The number of ether oxygens (including phenoxy) is 1. The second kappa shape index (κ2) is 5.12. The number of anilines is 1. The van der Waals surface area contributed by atoms with Crippen LogP contribution in [0.4, 0.5) is 19.1 Å². The van der Waals surface area contributed by atoms with E-state index in [1.165, 1.54) is 6.07 Å². The van der Waals surface area contributed by atoms with Gasteiger partial charge in [0.05, 0.1) is 5.52 Å². The van der Waals surface area contributed by atoms with Gasteiger partial charge in [-0.2, -0.15) is 0 Å². The number of nitrogens with two attached hydrogens (primary N) is 1. The highest BCUT2D eigenvalue weighted by atomic mass is 19.4. The third-order valence-corrected chi connectivity index (χ3v) is 4.03. The zero-order chi connectivity index (χ0) is 16.9. The van der Waals surface area contributed by atoms with E-state index in [-0.39, 0.29) is 23.0 Å². The Morgan fingerprint density at radius 1 is 1.17 bits per heavy atom. The molecular weight excluding hydrogens is 321 g/mol. The number of nitrogens with zero attached hydrogens (tertiary/aromatic N) is 3. The van der Waals surface area contributed by atoms with E-state index >= 15 is 0 Å². The van der Waals surface area contributed by atoms with Crippen molar-refractivity contribution in [1.82, 2.24) is 14.6 Å². The van der Waals surface area contributed by atoms with Gasteiger partial charge in [0, 0.05) is 11.8 Å². The highest BCUT2D eigenvalue weighted by Gasteiger charge is 2.34. The van der Waals surface area contributed by atoms with Gasteiger partial charge >= 0.3 is 6.36 Å². The second-order valence-corrected chi connectivity index (χ2v) is 5.75. The van der Waals surface area contributed by atoms with Crippen LogP contribution in [0.2, 0.25) is 0 Å². The molecule has 1 aromatic carbocycles. The van der Waals surface area contributed by atoms with Gasteiger partial charge in [-0.1, -0.05) is 6.07 Å². The van der Waals surface area contributed by atoms with Crippen LogP contribution in [0.15, 0.2) is 36.5 Å². The average molecular weight is 334 g/mol. The minimum absolute atomic E-state index is 0.159. The first-order valence-corrected chi connectivity index (χ1v) is 7.42. The summed E-state index contributed by atoms with van der Waals surface area (Å²) in [6.45, 7) is 0. The molecule has 2 heterocycles. The lowest BCUT2D eigenvalue weighted by Crippen LogP contribution is -2.18. The lowest BCUT2D eigenvalue weighted by Gasteiger charge is -2.15. The molecule has 0 unspecified atom stereocenters. The predicted octanol–water partition coefficient (Wildman–Crippen LogP) is 3.75. The van der Waals surface area contributed by atoms with Crippen molar-refractivity contribution in [2.75, 3.05) is 5.73 Å². The molecule has 24 heavy (non-hydrogen) atoms. The number of halogens is 3. The summed E-state index contributed by atoms with van der Waals surface area (Å²) >= 11 is 0. The van der Waals surface area contributed by atoms with E-state index in [1.807, 2.05) is 6.07 Å². The molecule has 3 aromatic rings. The number of nitrogen functional groups attached to an aromatic ring is 1. The van der Waals surface area contributed by atoms with E-state index < -0.39 is 6.36 Å². The molecule has 2 aromatic heterocycles. The van der Waals surface area contributed by atoms with Gasteiger partial charge in [-0.25, -0.2) is 0 Å². The molecule has 4 rings (SSSR count). The number of hydrogen-bond acceptors (Lipinski definition) is 4. The summed E-state index contributed by atoms with van der Waals surface area (Å²) in [6, 6.07) is 8.29. The number of hydrogen-bond donors (Lipinski definition) is 1. The molecule has 0 spiro atoms. The molecule has 1 aliphatic carbocycles. The van der Waals surface area contributed by atoms with Crippen LogP contribution in [-0.2, 0) is 0 Å². The Labute approximate surface area is 134 Å². The van der Waals surface area contributed by atoms with Crippen LogP contribution in [0, 0.1) is 0 Å². The fraction of sp³-hybridized carbons (Fsp3) is 0.250. The zero-order valence-corrected chi connectivity index (χ0v) is 12.4. The Balaban J connectivity index is 1.89. The lowest BCUT2D eigenvalue weighted by atomic mass is 10.0. The fourth-order valence-electron chi connectivity index (χ4n) is 2.78. The summed E-state index contributed by atoms with van der Waals surface area (Å²) < 4.78 is 44.3. The minimum Gasteiger partial charge on any atom is -0.405 e. The molecule has 0 saturated heterocycles. The van der Waals surface area contributed by atoms with Crippen molar-refractivity contribution in [2.45, 2.75) is 25.1 Å². The highest BCUT2D eigenvalue weighted by molar-refractivity contribution is 5.81. The van der Waals surface area contributed by atoms with Crippen molar-refractivity contribution in [3.05, 3.63) is 42.1 Å². The fourth-order valence-corrected chi connectivity index (χ4v) is 2.78. The molecule has 1 fully saturated rings. The van der Waals surface area contributed by atoms with Gasteiger partial charge in [0.15, 0.2) is 0 Å². The largest absolute Gasteiger partial charge is 0.573 e. The van der Waals surface area contributed by atoms with Gasteiger partial charge < -0.3 is 10.5 Å². The maximum Gasteiger partial charge on any atom is 0.573 e. The molecule has 5 nitrogen and oxygen atoms in total. The van der Waals surface area contributed by atoms with E-state index in [0.717, 1.165) is 18.4 Å². The normalized spacial score (nSPS) is 15.0. The summed E-state index contributed by atoms with van der Waals surface area (Å²) in [5, 5.41) is 7.80. The van der Waals surface area contributed by atoms with Crippen molar-refractivity contribution in [3.63, 3.8) is 0 Å². The van der Waals surface area contributed by atoms with Gasteiger partial charge in [-0.05, 0) is 48.6 Å². The van der Waals surface area contributed by atoms with Crippen molar-refractivity contribution in [2.24, 2.45) is 0 Å². The standard InChI is InChI=1S/C16H13F3N4O/c17-16(18,19)24-13-8-10(9-3-4-9)5-6-11(13)14-12-2-1-7-23(12)15(20)22-21-14/h1-2,5-9H,3-4H2,(H2,20,22). The topological polar surface area (TPSA) is 65.4 Å². The number of aromatic nitrogens is 3. The first-order chi connectivity index (χ1) is 11.4. The number of alkyl halides is 3. The summed E-state index contributed by atoms with van der Waals surface area (Å²) in [5.74, 6) is 0.196. The Kier molecular flexibility index (Phi) is 3.16. The molecule has 0 radical (unpaired) electrons. The van der Waals surface area contributed by atoms with Gasteiger partial charge in [-0.3, -0.25) is 4.40 Å². The number of rotatable bonds is 3. The summed E-state index contributed by atoms with van der Waals surface area (Å²) in [7, 11) is 0. The van der Waals surface area contributed by atoms with Crippen LogP contribution >= 0.6 is 0 Å². The first-order valence-electron chi connectivity index (χ1n) is 7.42. The van der Waals surface area contributed by atoms with Crippen molar-refractivity contribution in [3.8, 4) is 17.0 Å². The Morgan fingerprint density at radius 2 is 1.96 bits per heavy atom. The van der Waals surface area contributed by atoms with Crippen LogP contribution in [0.5, 0.6) is 5.75 Å². The summed E-state index contributed by atoms with van der Waals surface area (Å²) in [6.07, 6.45) is -1.15. The highest BCUT2D eigenvalue weighted by Crippen LogP contribution is 2.44. The molecule has 1 aliphatic rings. The van der Waals surface area contributed by atoms with Crippen LogP contribution < -0.4 is 10.5 Å². The lowest BCUT2D eigenvalue weighted by molar-refractivity contribution is -0.274. The van der Waals surface area contributed by atoms with E-state index in [4.69, 9.17) is 5.73 Å². The predicted molar refractivity (Wildman–Crippen MR) is 81.5 cm³/mol. The molecule has 0 aliphatic heterocycles. The Bertz CT molecular complexity index is 915. The molecular formula is C16H13F3N4O. The third-order valence-electron chi connectivity index (χ3n) is 4.03. The quantitative estimate of drug-likeness (QED) is 0.792. The SMILES string of the molecule is Nc1nnc(-c2ccc(C3CC3)cc2OC(F)(F)F)c2cccn12. The van der Waals surface area contributed by atoms with Crippen LogP contribution in [0.3, 0.4) is 0 Å². The molecule has 0 amide bonds. The smallest absolute Gasteiger partial charge is 0.405 e. The Hall–Kier alpha value is -2.77. The van der Waals surface area contributed by atoms with Crippen LogP contribution in [0.25, 0.3) is 16.8 Å². The zero-order valence-electron chi connectivity index (χ0n) is 12.4. The van der Waals surface area contributed by atoms with Crippen molar-refractivity contribution < 1.29 is 17.9 Å². The minimum atomic E-state index is -4.78. The van der Waals surface area contributed by atoms with Crippen molar-refractivity contribution >= 4 is 11.5 Å². The molecule has 124 valence electrons. The maximum absolute atomic E-state index is 12.8. The van der Waals surface area contributed by atoms with Gasteiger partial charge in [0.2, 0.25) is 5.95 Å². The first kappa shape index (κ1) is 14.8. The molecule has 2 N–H and O–H groups in total. The number of fused-ring (bicyclic) bond motifs is 1. The van der Waals surface area contributed by atoms with E-state index in [0.29, 0.717) is 11.4 Å². The van der Waals surface area contributed by atoms with Crippen LogP contribution in [-0.4, -0.2) is 21.0 Å². The molecule has 0 bridgehead atoms.